The van der Waals surface area contributed by atoms with Crippen molar-refractivity contribution in [3.63, 3.8) is 0 Å². The number of rotatable bonds is 4. The third-order valence-corrected chi connectivity index (χ3v) is 4.46. The van der Waals surface area contributed by atoms with Crippen molar-refractivity contribution in [3.05, 3.63) is 39.8 Å². The zero-order valence-corrected chi connectivity index (χ0v) is 12.6. The first-order valence-corrected chi connectivity index (χ1v) is 7.80. The summed E-state index contributed by atoms with van der Waals surface area (Å²) in [6, 6.07) is 8.70. The number of para-hydroxylation sites is 1. The number of hydrogen-bond acceptors (Lipinski definition) is 5. The van der Waals surface area contributed by atoms with E-state index in [-0.39, 0.29) is 0 Å². The highest BCUT2D eigenvalue weighted by molar-refractivity contribution is 7.11. The second kappa shape index (κ2) is 5.89. The van der Waals surface area contributed by atoms with E-state index in [4.69, 9.17) is 4.74 Å². The Hall–Kier alpha value is -1.46. The number of fused-ring (bicyclic) bond motifs is 1. The van der Waals surface area contributed by atoms with Gasteiger partial charge in [-0.1, -0.05) is 43.4 Å². The van der Waals surface area contributed by atoms with E-state index < -0.39 is 0 Å². The van der Waals surface area contributed by atoms with Crippen LogP contribution in [0.5, 0.6) is 5.75 Å². The van der Waals surface area contributed by atoms with Crippen LogP contribution in [0.15, 0.2) is 24.3 Å². The molecule has 4 nitrogen and oxygen atoms in total. The summed E-state index contributed by atoms with van der Waals surface area (Å²) in [6.45, 7) is 5.75. The topological polar surface area (TPSA) is 47.0 Å². The van der Waals surface area contributed by atoms with Crippen molar-refractivity contribution in [1.82, 2.24) is 15.5 Å². The smallest absolute Gasteiger partial charge is 0.131 e. The Morgan fingerprint density at radius 3 is 3.05 bits per heavy atom. The van der Waals surface area contributed by atoms with Gasteiger partial charge in [0.05, 0.1) is 12.5 Å². The lowest BCUT2D eigenvalue weighted by molar-refractivity contribution is 0.262. The van der Waals surface area contributed by atoms with E-state index in [0.717, 1.165) is 28.7 Å². The van der Waals surface area contributed by atoms with Crippen LogP contribution < -0.4 is 10.1 Å². The van der Waals surface area contributed by atoms with Crippen LogP contribution in [0, 0.1) is 0 Å². The lowest BCUT2D eigenvalue weighted by Crippen LogP contribution is -2.21. The van der Waals surface area contributed by atoms with Crippen LogP contribution in [0.3, 0.4) is 0 Å². The molecule has 20 heavy (non-hydrogen) atoms. The summed E-state index contributed by atoms with van der Waals surface area (Å²) in [6.07, 6.45) is 0.989. The van der Waals surface area contributed by atoms with Gasteiger partial charge in [-0.25, -0.2) is 0 Å². The molecule has 1 aliphatic rings. The summed E-state index contributed by atoms with van der Waals surface area (Å²) in [4.78, 5) is 0. The minimum Gasteiger partial charge on any atom is -0.493 e. The maximum atomic E-state index is 5.82. The quantitative estimate of drug-likeness (QED) is 0.940. The van der Waals surface area contributed by atoms with Crippen LogP contribution in [0.4, 0.5) is 0 Å². The van der Waals surface area contributed by atoms with Crippen LogP contribution in [0.1, 0.15) is 35.3 Å². The predicted octanol–water partition coefficient (Wildman–Crippen LogP) is 2.75. The van der Waals surface area contributed by atoms with Crippen molar-refractivity contribution in [2.75, 3.05) is 6.61 Å². The van der Waals surface area contributed by atoms with Crippen molar-refractivity contribution in [2.24, 2.45) is 0 Å². The van der Waals surface area contributed by atoms with Crippen LogP contribution in [0.2, 0.25) is 0 Å². The molecule has 0 saturated carbocycles. The van der Waals surface area contributed by atoms with E-state index in [2.05, 4.69) is 41.5 Å². The molecule has 0 saturated heterocycles. The molecular weight excluding hydrogens is 270 g/mol. The Morgan fingerprint density at radius 1 is 1.35 bits per heavy atom. The molecule has 0 aliphatic carbocycles. The van der Waals surface area contributed by atoms with Gasteiger partial charge >= 0.3 is 0 Å². The van der Waals surface area contributed by atoms with Crippen LogP contribution in [0.25, 0.3) is 0 Å². The van der Waals surface area contributed by atoms with Crippen LogP contribution in [-0.2, 0) is 13.0 Å². The summed E-state index contributed by atoms with van der Waals surface area (Å²) in [5.41, 5.74) is 1.26. The highest BCUT2D eigenvalue weighted by atomic mass is 32.1. The molecule has 3 rings (SSSR count). The average Bonchev–Trinajstić information content (AvgIpc) is 2.93. The van der Waals surface area contributed by atoms with Gasteiger partial charge in [0.15, 0.2) is 0 Å². The molecule has 0 spiro atoms. The fraction of sp³-hybridized carbons (Fsp3) is 0.467. The molecule has 106 valence electrons. The normalized spacial score (nSPS) is 17.9. The zero-order chi connectivity index (χ0) is 13.9. The molecule has 1 atom stereocenters. The maximum Gasteiger partial charge on any atom is 0.131 e. The highest BCUT2D eigenvalue weighted by Gasteiger charge is 2.24. The Morgan fingerprint density at radius 2 is 2.20 bits per heavy atom. The Bertz CT molecular complexity index is 582. The van der Waals surface area contributed by atoms with Crippen molar-refractivity contribution in [1.29, 1.82) is 0 Å². The Labute approximate surface area is 123 Å². The van der Waals surface area contributed by atoms with Gasteiger partial charge in [0.1, 0.15) is 15.8 Å². The lowest BCUT2D eigenvalue weighted by Gasteiger charge is -2.23. The first-order chi connectivity index (χ1) is 9.72. The van der Waals surface area contributed by atoms with Crippen LogP contribution in [-0.4, -0.2) is 22.8 Å². The summed E-state index contributed by atoms with van der Waals surface area (Å²) < 4.78 is 5.82. The van der Waals surface area contributed by atoms with Crippen molar-refractivity contribution < 1.29 is 4.74 Å². The third kappa shape index (κ3) is 2.99. The summed E-state index contributed by atoms with van der Waals surface area (Å²) in [7, 11) is 0. The number of benzene rings is 1. The molecule has 0 fully saturated rings. The van der Waals surface area contributed by atoms with E-state index in [1.807, 2.05) is 12.1 Å². The minimum atomic E-state index is 0.329. The van der Waals surface area contributed by atoms with Gasteiger partial charge < -0.3 is 10.1 Å². The third-order valence-electron chi connectivity index (χ3n) is 3.37. The monoisotopic (exact) mass is 289 g/mol. The molecular formula is C15H19N3OS. The van der Waals surface area contributed by atoms with E-state index in [0.29, 0.717) is 18.6 Å². The van der Waals surface area contributed by atoms with Gasteiger partial charge in [-0.3, -0.25) is 0 Å². The number of nitrogens with one attached hydrogen (secondary N) is 1. The molecule has 0 radical (unpaired) electrons. The molecule has 0 amide bonds. The van der Waals surface area contributed by atoms with Crippen LogP contribution >= 0.6 is 11.3 Å². The van der Waals surface area contributed by atoms with Crippen molar-refractivity contribution >= 4 is 11.3 Å². The minimum absolute atomic E-state index is 0.329. The standard InChI is InChI=1S/C15H19N3OS/c1-10(2)16-8-14-17-18-15(20-14)12-7-11-5-3-4-6-13(11)19-9-12/h3-6,10,12,16H,7-9H2,1-2H3. The first-order valence-electron chi connectivity index (χ1n) is 6.98. The molecule has 2 heterocycles. The maximum absolute atomic E-state index is 5.82. The Balaban J connectivity index is 1.69. The van der Waals surface area contributed by atoms with Gasteiger partial charge in [0.25, 0.3) is 0 Å². The van der Waals surface area contributed by atoms with E-state index >= 15 is 0 Å². The first kappa shape index (κ1) is 13.5. The average molecular weight is 289 g/mol. The van der Waals surface area contributed by atoms with Gasteiger partial charge in [-0.15, -0.1) is 10.2 Å². The number of ether oxygens (including phenoxy) is 1. The molecule has 1 aromatic heterocycles. The molecule has 1 N–H and O–H groups in total. The summed E-state index contributed by atoms with van der Waals surface area (Å²) in [5, 5.41) is 14.1. The van der Waals surface area contributed by atoms with E-state index in [9.17, 15) is 0 Å². The molecule has 2 aromatic rings. The second-order valence-corrected chi connectivity index (χ2v) is 6.48. The molecule has 1 unspecified atom stereocenters. The lowest BCUT2D eigenvalue weighted by atomic mass is 9.97. The van der Waals surface area contributed by atoms with Gasteiger partial charge in [-0.05, 0) is 18.1 Å². The largest absolute Gasteiger partial charge is 0.493 e. The summed E-state index contributed by atoms with van der Waals surface area (Å²) >= 11 is 1.69. The van der Waals surface area contributed by atoms with Gasteiger partial charge in [0, 0.05) is 12.6 Å². The van der Waals surface area contributed by atoms with Gasteiger partial charge in [0.2, 0.25) is 0 Å². The SMILES string of the molecule is CC(C)NCc1nnc(C2COc3ccccc3C2)s1. The molecule has 1 aromatic carbocycles. The molecule has 5 heteroatoms. The fourth-order valence-electron chi connectivity index (χ4n) is 2.28. The van der Waals surface area contributed by atoms with Crippen molar-refractivity contribution in [3.8, 4) is 5.75 Å². The zero-order valence-electron chi connectivity index (χ0n) is 11.8. The number of hydrogen-bond donors (Lipinski definition) is 1. The number of aromatic nitrogens is 2. The highest BCUT2D eigenvalue weighted by Crippen LogP contribution is 2.33. The van der Waals surface area contributed by atoms with Crippen molar-refractivity contribution in [2.45, 2.75) is 38.8 Å². The molecule has 0 bridgehead atoms. The molecule has 1 aliphatic heterocycles. The van der Waals surface area contributed by atoms with E-state index in [1.54, 1.807) is 11.3 Å². The fourth-order valence-corrected chi connectivity index (χ4v) is 3.16. The number of nitrogens with zero attached hydrogens (tertiary/aromatic N) is 2. The summed E-state index contributed by atoms with van der Waals surface area (Å²) in [5.74, 6) is 1.34. The Kier molecular flexibility index (Phi) is 3.98. The second-order valence-electron chi connectivity index (χ2n) is 5.39. The van der Waals surface area contributed by atoms with Gasteiger partial charge in [-0.2, -0.15) is 0 Å². The van der Waals surface area contributed by atoms with E-state index in [1.165, 1.54) is 5.56 Å². The predicted molar refractivity (Wildman–Crippen MR) is 80.3 cm³/mol.